The van der Waals surface area contributed by atoms with Crippen molar-refractivity contribution in [3.63, 3.8) is 0 Å². The Bertz CT molecular complexity index is 466. The molecule has 0 saturated heterocycles. The molecule has 1 unspecified atom stereocenters. The molecule has 1 heterocycles. The number of rotatable bonds is 4. The second-order valence-corrected chi connectivity index (χ2v) is 5.56. The van der Waals surface area contributed by atoms with Gasteiger partial charge in [0.15, 0.2) is 0 Å². The molecule has 1 fully saturated rings. The van der Waals surface area contributed by atoms with Crippen LogP contribution in [0.1, 0.15) is 48.4 Å². The molecule has 0 spiro atoms. The van der Waals surface area contributed by atoms with Crippen molar-refractivity contribution in [3.8, 4) is 0 Å². The summed E-state index contributed by atoms with van der Waals surface area (Å²) in [5.74, 6) is 0.234. The highest BCUT2D eigenvalue weighted by Gasteiger charge is 2.28. The van der Waals surface area contributed by atoms with E-state index < -0.39 is 0 Å². The molecule has 3 N–H and O–H groups in total. The topological polar surface area (TPSA) is 81.2 Å². The lowest BCUT2D eigenvalue weighted by atomic mass is 9.84. The predicted molar refractivity (Wildman–Crippen MR) is 75.9 cm³/mol. The van der Waals surface area contributed by atoms with Gasteiger partial charge in [0.25, 0.3) is 5.91 Å². The fourth-order valence-electron chi connectivity index (χ4n) is 2.57. The monoisotopic (exact) mass is 281 g/mol. The number of aryl methyl sites for hydroxylation is 1. The van der Waals surface area contributed by atoms with Gasteiger partial charge in [-0.15, -0.1) is 0 Å². The molecule has 1 aromatic rings. The normalized spacial score (nSPS) is 17.9. The number of hydrogen-bond donors (Lipinski definition) is 2. The molecule has 1 amide bonds. The van der Waals surface area contributed by atoms with E-state index in [0.717, 1.165) is 12.8 Å². The Balaban J connectivity index is 2.04. The first kappa shape index (κ1) is 14.0. The Kier molecular flexibility index (Phi) is 4.52. The molecule has 19 heavy (non-hydrogen) atoms. The van der Waals surface area contributed by atoms with Gasteiger partial charge in [0, 0.05) is 6.07 Å². The zero-order valence-electron chi connectivity index (χ0n) is 11.0. The van der Waals surface area contributed by atoms with E-state index >= 15 is 0 Å². The zero-order valence-corrected chi connectivity index (χ0v) is 11.8. The van der Waals surface area contributed by atoms with Crippen LogP contribution in [0.5, 0.6) is 0 Å². The van der Waals surface area contributed by atoms with Gasteiger partial charge in [0.1, 0.15) is 0 Å². The zero-order chi connectivity index (χ0) is 13.8. The fourth-order valence-corrected chi connectivity index (χ4v) is 2.82. The number of carbonyl (C=O) groups is 1. The summed E-state index contributed by atoms with van der Waals surface area (Å²) in [4.78, 5) is 12.4. The smallest absolute Gasteiger partial charge is 0.290 e. The summed E-state index contributed by atoms with van der Waals surface area (Å²) < 4.78 is 4.95. The maximum Gasteiger partial charge on any atom is 0.290 e. The van der Waals surface area contributed by atoms with Crippen LogP contribution in [0, 0.1) is 12.8 Å². The third-order valence-corrected chi connectivity index (χ3v) is 3.82. The van der Waals surface area contributed by atoms with Crippen LogP contribution >= 0.6 is 12.2 Å². The van der Waals surface area contributed by atoms with Crippen molar-refractivity contribution in [1.82, 2.24) is 10.5 Å². The van der Waals surface area contributed by atoms with Crippen LogP contribution in [0.4, 0.5) is 0 Å². The number of thiocarbonyl (C=S) groups is 1. The summed E-state index contributed by atoms with van der Waals surface area (Å²) in [5, 5.41) is 6.58. The molecule has 0 bridgehead atoms. The number of nitrogens with one attached hydrogen (secondary N) is 1. The van der Waals surface area contributed by atoms with Crippen molar-refractivity contribution in [2.75, 3.05) is 0 Å². The quantitative estimate of drug-likeness (QED) is 0.824. The molecule has 1 aliphatic carbocycles. The van der Waals surface area contributed by atoms with E-state index in [9.17, 15) is 4.79 Å². The molecule has 0 aromatic carbocycles. The van der Waals surface area contributed by atoms with Crippen molar-refractivity contribution in [3.05, 3.63) is 17.5 Å². The molecule has 0 radical (unpaired) electrons. The van der Waals surface area contributed by atoms with Crippen molar-refractivity contribution in [2.45, 2.75) is 45.1 Å². The molecule has 104 valence electrons. The Labute approximate surface area is 117 Å². The molecule has 5 nitrogen and oxygen atoms in total. The third-order valence-electron chi connectivity index (χ3n) is 3.57. The van der Waals surface area contributed by atoms with E-state index in [1.54, 1.807) is 13.0 Å². The average Bonchev–Trinajstić information content (AvgIpc) is 2.83. The lowest BCUT2D eigenvalue weighted by Gasteiger charge is -2.29. The van der Waals surface area contributed by atoms with Crippen LogP contribution < -0.4 is 11.1 Å². The minimum atomic E-state index is -0.302. The second kappa shape index (κ2) is 6.14. The molecule has 1 atom stereocenters. The number of amides is 1. The van der Waals surface area contributed by atoms with Gasteiger partial charge in [0.2, 0.25) is 5.76 Å². The van der Waals surface area contributed by atoms with Gasteiger partial charge in [0.05, 0.1) is 16.7 Å². The molecule has 1 saturated carbocycles. The van der Waals surface area contributed by atoms with Gasteiger partial charge >= 0.3 is 0 Å². The first-order valence-corrected chi connectivity index (χ1v) is 7.02. The van der Waals surface area contributed by atoms with Crippen molar-refractivity contribution in [2.24, 2.45) is 11.7 Å². The number of carbonyl (C=O) groups excluding carboxylic acids is 1. The van der Waals surface area contributed by atoms with Gasteiger partial charge in [-0.1, -0.05) is 36.6 Å². The Morgan fingerprint density at radius 1 is 1.53 bits per heavy atom. The Hall–Kier alpha value is -1.43. The highest BCUT2D eigenvalue weighted by Crippen LogP contribution is 2.26. The lowest BCUT2D eigenvalue weighted by Crippen LogP contribution is -2.48. The van der Waals surface area contributed by atoms with Gasteiger partial charge < -0.3 is 15.6 Å². The number of nitrogens with two attached hydrogens (primary N) is 1. The molecule has 1 aromatic heterocycles. The van der Waals surface area contributed by atoms with Crippen molar-refractivity contribution >= 4 is 23.1 Å². The van der Waals surface area contributed by atoms with E-state index in [-0.39, 0.29) is 17.7 Å². The second-order valence-electron chi connectivity index (χ2n) is 5.08. The van der Waals surface area contributed by atoms with Gasteiger partial charge in [-0.3, -0.25) is 4.79 Å². The first-order valence-electron chi connectivity index (χ1n) is 6.61. The van der Waals surface area contributed by atoms with E-state index in [2.05, 4.69) is 10.5 Å². The Morgan fingerprint density at radius 3 is 2.74 bits per heavy atom. The highest BCUT2D eigenvalue weighted by molar-refractivity contribution is 7.80. The van der Waals surface area contributed by atoms with E-state index in [4.69, 9.17) is 22.5 Å². The average molecular weight is 281 g/mol. The number of aromatic nitrogens is 1. The lowest BCUT2D eigenvalue weighted by molar-refractivity contribution is 0.0894. The molecule has 2 rings (SSSR count). The molecule has 1 aliphatic rings. The summed E-state index contributed by atoms with van der Waals surface area (Å²) in [7, 11) is 0. The summed E-state index contributed by atoms with van der Waals surface area (Å²) in [6, 6.07) is 1.35. The molecule has 0 aliphatic heterocycles. The summed E-state index contributed by atoms with van der Waals surface area (Å²) in [5.41, 5.74) is 6.45. The number of nitrogens with zero attached hydrogens (tertiary/aromatic N) is 1. The number of hydrogen-bond acceptors (Lipinski definition) is 4. The van der Waals surface area contributed by atoms with Gasteiger partial charge in [-0.05, 0) is 25.7 Å². The van der Waals surface area contributed by atoms with Crippen molar-refractivity contribution in [1.29, 1.82) is 0 Å². The van der Waals surface area contributed by atoms with E-state index in [1.807, 2.05) is 0 Å². The SMILES string of the molecule is Cc1cc(C(=O)NC(C(N)=S)C2CCCCC2)on1. The first-order chi connectivity index (χ1) is 9.08. The van der Waals surface area contributed by atoms with Crippen LogP contribution in [-0.2, 0) is 0 Å². The predicted octanol–water partition coefficient (Wildman–Crippen LogP) is 1.95. The largest absolute Gasteiger partial charge is 0.392 e. The fraction of sp³-hybridized carbons (Fsp3) is 0.615. The maximum atomic E-state index is 12.1. The minimum absolute atomic E-state index is 0.203. The Morgan fingerprint density at radius 2 is 2.21 bits per heavy atom. The molecular weight excluding hydrogens is 262 g/mol. The van der Waals surface area contributed by atoms with Crippen molar-refractivity contribution < 1.29 is 9.32 Å². The molecule has 6 heteroatoms. The highest BCUT2D eigenvalue weighted by atomic mass is 32.1. The molecular formula is C13H19N3O2S. The third kappa shape index (κ3) is 3.53. The van der Waals surface area contributed by atoms with Crippen LogP contribution in [0.3, 0.4) is 0 Å². The standard InChI is InChI=1S/C13H19N3O2S/c1-8-7-10(18-16-8)13(17)15-11(12(14)19)9-5-3-2-4-6-9/h7,9,11H,2-6H2,1H3,(H2,14,19)(H,15,17). The maximum absolute atomic E-state index is 12.1. The van der Waals surface area contributed by atoms with Gasteiger partial charge in [-0.25, -0.2) is 0 Å². The summed E-state index contributed by atoms with van der Waals surface area (Å²) >= 11 is 5.09. The van der Waals surface area contributed by atoms with E-state index in [1.165, 1.54) is 19.3 Å². The van der Waals surface area contributed by atoms with Gasteiger partial charge in [-0.2, -0.15) is 0 Å². The van der Waals surface area contributed by atoms with Crippen LogP contribution in [-0.4, -0.2) is 22.1 Å². The summed E-state index contributed by atoms with van der Waals surface area (Å²) in [6.45, 7) is 1.77. The van der Waals surface area contributed by atoms with Crippen LogP contribution in [0.25, 0.3) is 0 Å². The van der Waals surface area contributed by atoms with Crippen LogP contribution in [0.15, 0.2) is 10.6 Å². The van der Waals surface area contributed by atoms with E-state index in [0.29, 0.717) is 16.6 Å². The van der Waals surface area contributed by atoms with Crippen LogP contribution in [0.2, 0.25) is 0 Å². The minimum Gasteiger partial charge on any atom is -0.392 e. The summed E-state index contributed by atoms with van der Waals surface area (Å²) in [6.07, 6.45) is 5.69.